The molecule has 2 aromatic rings. The molecule has 0 radical (unpaired) electrons. The van der Waals surface area contributed by atoms with Crippen molar-refractivity contribution in [2.24, 2.45) is 0 Å². The predicted octanol–water partition coefficient (Wildman–Crippen LogP) is 3.70. The molecule has 0 saturated heterocycles. The minimum atomic E-state index is -0.390. The highest BCUT2D eigenvalue weighted by molar-refractivity contribution is 7.80. The zero-order valence-corrected chi connectivity index (χ0v) is 18.3. The van der Waals surface area contributed by atoms with E-state index >= 15 is 0 Å². The largest absolute Gasteiger partial charge is 0.479 e. The third-order valence-corrected chi connectivity index (χ3v) is 5.23. The summed E-state index contributed by atoms with van der Waals surface area (Å²) in [5, 5.41) is 12.5. The molecule has 0 aromatic heterocycles. The van der Waals surface area contributed by atoms with Gasteiger partial charge in [-0.1, -0.05) is 29.8 Å². The van der Waals surface area contributed by atoms with Gasteiger partial charge in [0.1, 0.15) is 11.8 Å². The summed E-state index contributed by atoms with van der Waals surface area (Å²) in [6.07, 6.45) is 0. The fraction of sp³-hybridized carbons (Fsp3) is 0.261. The van der Waals surface area contributed by atoms with Crippen LogP contribution in [0.4, 0.5) is 5.69 Å². The van der Waals surface area contributed by atoms with Crippen LogP contribution >= 0.6 is 12.2 Å². The number of carbonyl (C=O) groups excluding carboxylic acids is 1. The van der Waals surface area contributed by atoms with E-state index in [2.05, 4.69) is 5.32 Å². The van der Waals surface area contributed by atoms with Crippen molar-refractivity contribution in [1.82, 2.24) is 10.2 Å². The van der Waals surface area contributed by atoms with Crippen LogP contribution < -0.4 is 15.0 Å². The van der Waals surface area contributed by atoms with E-state index < -0.39 is 0 Å². The van der Waals surface area contributed by atoms with Crippen LogP contribution in [-0.2, 0) is 4.79 Å². The van der Waals surface area contributed by atoms with Crippen LogP contribution in [0.5, 0.6) is 5.75 Å². The van der Waals surface area contributed by atoms with Gasteiger partial charge in [-0.05, 0) is 55.9 Å². The molecule has 0 fully saturated rings. The Labute approximate surface area is 182 Å². The number of hydrogen-bond donors (Lipinski definition) is 1. The molecule has 0 unspecified atom stereocenters. The molecule has 1 atom stereocenters. The molecule has 1 N–H and O–H groups in total. The number of nitriles is 1. The maximum Gasteiger partial charge on any atom is 0.253 e. The lowest BCUT2D eigenvalue weighted by Crippen LogP contribution is -2.49. The van der Waals surface area contributed by atoms with Crippen molar-refractivity contribution in [1.29, 1.82) is 5.26 Å². The Kier molecular flexibility index (Phi) is 6.38. The van der Waals surface area contributed by atoms with Gasteiger partial charge >= 0.3 is 0 Å². The molecule has 0 spiro atoms. The first-order valence-electron chi connectivity index (χ1n) is 9.53. The van der Waals surface area contributed by atoms with Crippen molar-refractivity contribution < 1.29 is 9.53 Å². The Balaban J connectivity index is 2.05. The molecule has 154 valence electrons. The van der Waals surface area contributed by atoms with Gasteiger partial charge < -0.3 is 15.0 Å². The van der Waals surface area contributed by atoms with Crippen molar-refractivity contribution in [2.75, 3.05) is 25.6 Å². The molecule has 1 aliphatic heterocycles. The zero-order valence-electron chi connectivity index (χ0n) is 17.5. The highest BCUT2D eigenvalue weighted by atomic mass is 32.1. The van der Waals surface area contributed by atoms with Crippen LogP contribution in [0, 0.1) is 18.3 Å². The number of nitrogens with zero attached hydrogens (tertiary/aromatic N) is 3. The normalized spacial score (nSPS) is 16.0. The van der Waals surface area contributed by atoms with E-state index in [0.29, 0.717) is 16.4 Å². The lowest BCUT2D eigenvalue weighted by atomic mass is 9.93. The highest BCUT2D eigenvalue weighted by Crippen LogP contribution is 2.35. The van der Waals surface area contributed by atoms with Gasteiger partial charge in [0.25, 0.3) is 5.91 Å². The average Bonchev–Trinajstić information content (AvgIpc) is 2.73. The molecule has 30 heavy (non-hydrogen) atoms. The Morgan fingerprint density at radius 2 is 1.80 bits per heavy atom. The number of rotatable bonds is 5. The number of ether oxygens (including phenoxy) is 1. The van der Waals surface area contributed by atoms with E-state index in [1.165, 1.54) is 0 Å². The predicted molar refractivity (Wildman–Crippen MR) is 121 cm³/mol. The minimum Gasteiger partial charge on any atom is -0.479 e. The second-order valence-corrected chi connectivity index (χ2v) is 7.65. The first kappa shape index (κ1) is 21.3. The summed E-state index contributed by atoms with van der Waals surface area (Å²) >= 11 is 5.68. The smallest absolute Gasteiger partial charge is 0.253 e. The molecule has 6 nitrogen and oxygen atoms in total. The Morgan fingerprint density at radius 1 is 1.17 bits per heavy atom. The van der Waals surface area contributed by atoms with E-state index in [0.717, 1.165) is 22.5 Å². The van der Waals surface area contributed by atoms with Gasteiger partial charge in [0.15, 0.2) is 11.7 Å². The number of amides is 1. The molecule has 1 heterocycles. The maximum atomic E-state index is 13.1. The molecule has 0 bridgehead atoms. The van der Waals surface area contributed by atoms with Gasteiger partial charge in [-0.3, -0.25) is 9.69 Å². The molecular weight excluding hydrogens is 396 g/mol. The van der Waals surface area contributed by atoms with Gasteiger partial charge in [-0.2, -0.15) is 5.26 Å². The summed E-state index contributed by atoms with van der Waals surface area (Å²) < 4.78 is 5.33. The van der Waals surface area contributed by atoms with Crippen molar-refractivity contribution >= 4 is 28.9 Å². The van der Waals surface area contributed by atoms with Crippen molar-refractivity contribution in [3.8, 4) is 11.8 Å². The molecule has 7 heteroatoms. The summed E-state index contributed by atoms with van der Waals surface area (Å²) in [6, 6.07) is 16.9. The zero-order chi connectivity index (χ0) is 21.8. The first-order chi connectivity index (χ1) is 14.3. The monoisotopic (exact) mass is 420 g/mol. The molecule has 1 aliphatic rings. The van der Waals surface area contributed by atoms with Crippen LogP contribution in [-0.4, -0.2) is 36.6 Å². The third-order valence-electron chi connectivity index (χ3n) is 4.93. The van der Waals surface area contributed by atoms with Crippen molar-refractivity contribution in [3.63, 3.8) is 0 Å². The fourth-order valence-corrected chi connectivity index (χ4v) is 3.75. The molecule has 3 rings (SSSR count). The van der Waals surface area contributed by atoms with Gasteiger partial charge in [-0.25, -0.2) is 0 Å². The second kappa shape index (κ2) is 8.97. The Hall–Kier alpha value is -3.37. The van der Waals surface area contributed by atoms with E-state index in [9.17, 15) is 4.79 Å². The number of thiocarbonyl (C=S) groups is 1. The van der Waals surface area contributed by atoms with Crippen LogP contribution in [0.25, 0.3) is 0 Å². The Morgan fingerprint density at radius 3 is 2.37 bits per heavy atom. The topological polar surface area (TPSA) is 68.6 Å². The highest BCUT2D eigenvalue weighted by Gasteiger charge is 2.35. The second-order valence-electron chi connectivity index (χ2n) is 7.27. The minimum absolute atomic E-state index is 0.0139. The van der Waals surface area contributed by atoms with Crippen LogP contribution in [0.2, 0.25) is 0 Å². The third kappa shape index (κ3) is 4.29. The van der Waals surface area contributed by atoms with E-state index in [4.69, 9.17) is 22.2 Å². The van der Waals surface area contributed by atoms with Gasteiger partial charge in [0.05, 0.1) is 11.6 Å². The number of aryl methyl sites for hydroxylation is 1. The van der Waals surface area contributed by atoms with Crippen LogP contribution in [0.15, 0.2) is 59.8 Å². The molecule has 0 aliphatic carbocycles. The van der Waals surface area contributed by atoms with Crippen LogP contribution in [0.1, 0.15) is 24.1 Å². The molecule has 0 saturated carbocycles. The van der Waals surface area contributed by atoms with E-state index in [1.807, 2.05) is 61.2 Å². The number of anilines is 1. The Bertz CT molecular complexity index is 1020. The summed E-state index contributed by atoms with van der Waals surface area (Å²) in [5.41, 5.74) is 4.35. The summed E-state index contributed by atoms with van der Waals surface area (Å²) in [4.78, 5) is 16.6. The van der Waals surface area contributed by atoms with E-state index in [1.54, 1.807) is 31.1 Å². The quantitative estimate of drug-likeness (QED) is 0.744. The van der Waals surface area contributed by atoms with Gasteiger partial charge in [0.2, 0.25) is 0 Å². The fourth-order valence-electron chi connectivity index (χ4n) is 3.39. The summed E-state index contributed by atoms with van der Waals surface area (Å²) in [7, 11) is 3.48. The molecular formula is C23H24N4O2S. The number of hydrogen-bond acceptors (Lipinski definition) is 4. The van der Waals surface area contributed by atoms with Gasteiger partial charge in [-0.15, -0.1) is 0 Å². The number of benzene rings is 2. The SMILES string of the molecule is CC1=C(C(=O)N(C)C)[C@H](c2ccc(OCC#N)cc2)NC(=S)N1c1ccc(C)cc1. The maximum absolute atomic E-state index is 13.1. The summed E-state index contributed by atoms with van der Waals surface area (Å²) in [6.45, 7) is 3.93. The van der Waals surface area contributed by atoms with Crippen molar-refractivity contribution in [2.45, 2.75) is 19.9 Å². The van der Waals surface area contributed by atoms with Crippen LogP contribution in [0.3, 0.4) is 0 Å². The lowest BCUT2D eigenvalue weighted by Gasteiger charge is -2.38. The summed E-state index contributed by atoms with van der Waals surface area (Å²) in [5.74, 6) is 0.510. The average molecular weight is 421 g/mol. The number of nitrogens with one attached hydrogen (secondary N) is 1. The number of carbonyl (C=O) groups is 1. The number of allylic oxidation sites excluding steroid dienone is 1. The molecule has 1 amide bonds. The van der Waals surface area contributed by atoms with Gasteiger partial charge in [0, 0.05) is 25.5 Å². The number of likely N-dealkylation sites (N-methyl/N-ethyl adjacent to an activating group) is 1. The lowest BCUT2D eigenvalue weighted by molar-refractivity contribution is -0.125. The standard InChI is InChI=1S/C23H24N4O2S/c1-15-5-9-18(10-6-15)27-16(2)20(22(28)26(3)4)21(25-23(27)30)17-7-11-19(12-8-17)29-14-13-24/h5-12,21H,14H2,1-4H3,(H,25,30)/t21-/m0/s1. The first-order valence-corrected chi connectivity index (χ1v) is 9.93. The van der Waals surface area contributed by atoms with E-state index in [-0.39, 0.29) is 18.6 Å². The molecule has 2 aromatic carbocycles. The van der Waals surface area contributed by atoms with Crippen molar-refractivity contribution in [3.05, 3.63) is 70.9 Å².